The number of carbonyl (C=O) groups excluding carboxylic acids is 1. The average molecular weight is 230 g/mol. The monoisotopic (exact) mass is 229 g/mol. The van der Waals surface area contributed by atoms with E-state index in [4.69, 9.17) is 28.1 Å². The molecule has 0 aromatic carbocycles. The molecule has 0 N–H and O–H groups in total. The molecule has 0 rings (SSSR count). The Balaban J connectivity index is 4.02. The molecule has 0 bridgehead atoms. The van der Waals surface area contributed by atoms with E-state index in [0.29, 0.717) is 6.61 Å². The standard InChI is InChI=1S/C7H13Cl2NO3/c1-3-12-6(5-8)10(9)7(11)13-4-2/h6H,3-5H2,1-2H3. The van der Waals surface area contributed by atoms with Crippen molar-refractivity contribution in [3.63, 3.8) is 0 Å². The van der Waals surface area contributed by atoms with Crippen LogP contribution in [0.2, 0.25) is 0 Å². The van der Waals surface area contributed by atoms with Gasteiger partial charge in [-0.05, 0) is 13.8 Å². The summed E-state index contributed by atoms with van der Waals surface area (Å²) in [6, 6.07) is 0. The van der Waals surface area contributed by atoms with Crippen molar-refractivity contribution in [2.45, 2.75) is 20.1 Å². The van der Waals surface area contributed by atoms with E-state index >= 15 is 0 Å². The van der Waals surface area contributed by atoms with Crippen molar-refractivity contribution < 1.29 is 14.3 Å². The van der Waals surface area contributed by atoms with Gasteiger partial charge in [0, 0.05) is 18.4 Å². The Labute approximate surface area is 87.8 Å². The van der Waals surface area contributed by atoms with Gasteiger partial charge in [0.05, 0.1) is 12.5 Å². The van der Waals surface area contributed by atoms with Gasteiger partial charge in [-0.25, -0.2) is 4.79 Å². The Morgan fingerprint density at radius 3 is 2.46 bits per heavy atom. The molecule has 0 spiro atoms. The molecule has 1 amide bonds. The number of hydrogen-bond acceptors (Lipinski definition) is 3. The van der Waals surface area contributed by atoms with Crippen molar-refractivity contribution in [1.82, 2.24) is 4.42 Å². The summed E-state index contributed by atoms with van der Waals surface area (Å²) >= 11 is 11.1. The summed E-state index contributed by atoms with van der Waals surface area (Å²) < 4.78 is 10.6. The van der Waals surface area contributed by atoms with Crippen LogP contribution in [0.4, 0.5) is 4.79 Å². The Morgan fingerprint density at radius 1 is 1.46 bits per heavy atom. The fourth-order valence-electron chi connectivity index (χ4n) is 0.666. The maximum atomic E-state index is 11.1. The Kier molecular flexibility index (Phi) is 7.13. The zero-order chi connectivity index (χ0) is 10.3. The molecule has 0 aliphatic rings. The van der Waals surface area contributed by atoms with Crippen LogP contribution in [0.3, 0.4) is 0 Å². The summed E-state index contributed by atoms with van der Waals surface area (Å²) in [6.07, 6.45) is -1.30. The van der Waals surface area contributed by atoms with Crippen molar-refractivity contribution in [3.8, 4) is 0 Å². The molecule has 0 saturated heterocycles. The second-order valence-electron chi connectivity index (χ2n) is 2.07. The normalized spacial score (nSPS) is 12.3. The van der Waals surface area contributed by atoms with Crippen molar-refractivity contribution in [3.05, 3.63) is 0 Å². The van der Waals surface area contributed by atoms with Crippen LogP contribution in [0.15, 0.2) is 0 Å². The molecular formula is C7H13Cl2NO3. The van der Waals surface area contributed by atoms with Gasteiger partial charge >= 0.3 is 6.09 Å². The minimum Gasteiger partial charge on any atom is -0.449 e. The molecular weight excluding hydrogens is 217 g/mol. The van der Waals surface area contributed by atoms with Crippen LogP contribution < -0.4 is 0 Å². The highest BCUT2D eigenvalue weighted by Gasteiger charge is 2.22. The largest absolute Gasteiger partial charge is 0.449 e. The van der Waals surface area contributed by atoms with E-state index in [0.717, 1.165) is 4.42 Å². The molecule has 6 heteroatoms. The molecule has 0 fully saturated rings. The number of amides is 1. The first kappa shape index (κ1) is 12.8. The number of carbonyl (C=O) groups is 1. The summed E-state index contributed by atoms with van der Waals surface area (Å²) in [5.74, 6) is 0.107. The molecule has 13 heavy (non-hydrogen) atoms. The zero-order valence-electron chi connectivity index (χ0n) is 7.63. The first-order valence-corrected chi connectivity index (χ1v) is 4.83. The number of halogens is 2. The molecule has 0 aromatic heterocycles. The maximum absolute atomic E-state index is 11.1. The molecule has 0 aliphatic heterocycles. The van der Waals surface area contributed by atoms with E-state index < -0.39 is 12.3 Å². The number of nitrogens with zero attached hydrogens (tertiary/aromatic N) is 1. The quantitative estimate of drug-likeness (QED) is 0.413. The van der Waals surface area contributed by atoms with Crippen LogP contribution >= 0.6 is 23.4 Å². The first-order chi connectivity index (χ1) is 6.17. The van der Waals surface area contributed by atoms with Crippen LogP contribution in [-0.4, -0.2) is 35.8 Å². The molecule has 1 atom stereocenters. The number of hydrogen-bond donors (Lipinski definition) is 0. The lowest BCUT2D eigenvalue weighted by Gasteiger charge is -2.21. The highest BCUT2D eigenvalue weighted by Crippen LogP contribution is 2.09. The fraction of sp³-hybridized carbons (Fsp3) is 0.857. The molecule has 0 saturated carbocycles. The number of alkyl halides is 1. The van der Waals surface area contributed by atoms with Gasteiger partial charge in [-0.3, -0.25) is 0 Å². The third kappa shape index (κ3) is 4.55. The highest BCUT2D eigenvalue weighted by molar-refractivity contribution is 6.22. The fourth-order valence-corrected chi connectivity index (χ4v) is 1.14. The highest BCUT2D eigenvalue weighted by atomic mass is 35.5. The molecule has 0 aliphatic carbocycles. The van der Waals surface area contributed by atoms with Gasteiger partial charge in [0.2, 0.25) is 0 Å². The van der Waals surface area contributed by atoms with Crippen molar-refractivity contribution in [2.75, 3.05) is 19.1 Å². The van der Waals surface area contributed by atoms with Gasteiger partial charge in [0.15, 0.2) is 6.23 Å². The summed E-state index contributed by atoms with van der Waals surface area (Å²) in [6.45, 7) is 4.18. The summed E-state index contributed by atoms with van der Waals surface area (Å²) in [4.78, 5) is 11.1. The molecule has 4 nitrogen and oxygen atoms in total. The van der Waals surface area contributed by atoms with Crippen LogP contribution in [0.5, 0.6) is 0 Å². The third-order valence-corrected chi connectivity index (χ3v) is 1.81. The van der Waals surface area contributed by atoms with Gasteiger partial charge in [0.1, 0.15) is 0 Å². The lowest BCUT2D eigenvalue weighted by Crippen LogP contribution is -2.36. The third-order valence-electron chi connectivity index (χ3n) is 1.19. The van der Waals surface area contributed by atoms with E-state index in [9.17, 15) is 4.79 Å². The topological polar surface area (TPSA) is 38.8 Å². The zero-order valence-corrected chi connectivity index (χ0v) is 9.14. The lowest BCUT2D eigenvalue weighted by molar-refractivity contribution is 0.00240. The van der Waals surface area contributed by atoms with Gasteiger partial charge in [-0.1, -0.05) is 0 Å². The SMILES string of the molecule is CCOC(=O)N(Cl)C(CCl)OCC. The van der Waals surface area contributed by atoms with Gasteiger partial charge in [-0.2, -0.15) is 4.42 Å². The Hall–Kier alpha value is -0.190. The van der Waals surface area contributed by atoms with Crippen LogP contribution in [-0.2, 0) is 9.47 Å². The van der Waals surface area contributed by atoms with E-state index in [2.05, 4.69) is 4.74 Å². The van der Waals surface area contributed by atoms with Crippen LogP contribution in [0, 0.1) is 0 Å². The summed E-state index contributed by atoms with van der Waals surface area (Å²) in [5, 5.41) is 0. The Bertz CT molecular complexity index is 157. The second kappa shape index (κ2) is 7.24. The molecule has 0 radical (unpaired) electrons. The minimum absolute atomic E-state index is 0.107. The van der Waals surface area contributed by atoms with Gasteiger partial charge in [-0.15, -0.1) is 11.6 Å². The maximum Gasteiger partial charge on any atom is 0.426 e. The summed E-state index contributed by atoms with van der Waals surface area (Å²) in [7, 11) is 0. The molecule has 78 valence electrons. The first-order valence-electron chi connectivity index (χ1n) is 3.96. The number of rotatable bonds is 5. The lowest BCUT2D eigenvalue weighted by atomic mass is 10.6. The minimum atomic E-state index is -0.650. The predicted molar refractivity (Wildman–Crippen MR) is 50.8 cm³/mol. The molecule has 0 aromatic rings. The van der Waals surface area contributed by atoms with Crippen LogP contribution in [0.25, 0.3) is 0 Å². The van der Waals surface area contributed by atoms with Crippen molar-refractivity contribution in [1.29, 1.82) is 0 Å². The smallest absolute Gasteiger partial charge is 0.426 e. The van der Waals surface area contributed by atoms with E-state index in [1.807, 2.05) is 0 Å². The molecule has 0 heterocycles. The predicted octanol–water partition coefficient (Wildman–Crippen LogP) is 2.20. The Morgan fingerprint density at radius 2 is 2.08 bits per heavy atom. The second-order valence-corrected chi connectivity index (χ2v) is 2.75. The summed E-state index contributed by atoms with van der Waals surface area (Å²) in [5.41, 5.74) is 0. The van der Waals surface area contributed by atoms with Crippen molar-refractivity contribution in [2.24, 2.45) is 0 Å². The average Bonchev–Trinajstić information content (AvgIpc) is 2.13. The van der Waals surface area contributed by atoms with E-state index in [1.165, 1.54) is 0 Å². The van der Waals surface area contributed by atoms with Gasteiger partial charge < -0.3 is 9.47 Å². The van der Waals surface area contributed by atoms with Gasteiger partial charge in [0.25, 0.3) is 0 Å². The van der Waals surface area contributed by atoms with E-state index in [1.54, 1.807) is 13.8 Å². The van der Waals surface area contributed by atoms with Crippen LogP contribution in [0.1, 0.15) is 13.8 Å². The number of ether oxygens (including phenoxy) is 2. The van der Waals surface area contributed by atoms with E-state index in [-0.39, 0.29) is 12.5 Å². The van der Waals surface area contributed by atoms with Crippen molar-refractivity contribution >= 4 is 29.5 Å². The molecule has 1 unspecified atom stereocenters.